The Balaban J connectivity index is 1.21. The summed E-state index contributed by atoms with van der Waals surface area (Å²) >= 11 is 0. The van der Waals surface area contributed by atoms with Crippen LogP contribution in [-0.2, 0) is 13.5 Å². The van der Waals surface area contributed by atoms with Gasteiger partial charge in [0.05, 0.1) is 5.52 Å². The van der Waals surface area contributed by atoms with Crippen molar-refractivity contribution in [1.82, 2.24) is 14.5 Å². The van der Waals surface area contributed by atoms with Crippen LogP contribution in [0, 0.1) is 12.7 Å². The molecule has 0 N–H and O–H groups in total. The largest absolute Gasteiger partial charge is 0.486 e. The third-order valence-electron chi connectivity index (χ3n) is 6.17. The Labute approximate surface area is 187 Å². The van der Waals surface area contributed by atoms with Gasteiger partial charge in [0.25, 0.3) is 0 Å². The fraction of sp³-hybridized carbons (Fsp3) is 0.346. The third-order valence-corrected chi connectivity index (χ3v) is 6.17. The van der Waals surface area contributed by atoms with E-state index < -0.39 is 0 Å². The number of hydrogen-bond acceptors (Lipinski definition) is 4. The predicted molar refractivity (Wildman–Crippen MR) is 125 cm³/mol. The van der Waals surface area contributed by atoms with Crippen molar-refractivity contribution >= 4 is 21.8 Å². The average molecular weight is 434 g/mol. The van der Waals surface area contributed by atoms with Crippen molar-refractivity contribution < 1.29 is 13.9 Å². The second-order valence-corrected chi connectivity index (χ2v) is 8.76. The molecule has 0 aliphatic carbocycles. The summed E-state index contributed by atoms with van der Waals surface area (Å²) in [4.78, 5) is 6.87. The van der Waals surface area contributed by atoms with Crippen molar-refractivity contribution in [3.8, 4) is 11.5 Å². The van der Waals surface area contributed by atoms with Crippen molar-refractivity contribution in [1.29, 1.82) is 0 Å². The normalized spacial score (nSPS) is 15.7. The number of nitrogens with zero attached hydrogens (tertiary/aromatic N) is 3. The Morgan fingerprint density at radius 1 is 1.16 bits per heavy atom. The summed E-state index contributed by atoms with van der Waals surface area (Å²) in [5.41, 5.74) is 4.17. The second kappa shape index (κ2) is 8.43. The Morgan fingerprint density at radius 2 is 2.03 bits per heavy atom. The second-order valence-electron chi connectivity index (χ2n) is 8.76. The summed E-state index contributed by atoms with van der Waals surface area (Å²) in [6.45, 7) is 4.22. The van der Waals surface area contributed by atoms with Gasteiger partial charge in [-0.3, -0.25) is 4.98 Å². The Kier molecular flexibility index (Phi) is 5.47. The zero-order chi connectivity index (χ0) is 22.2. The topological polar surface area (TPSA) is 39.5 Å². The highest BCUT2D eigenvalue weighted by molar-refractivity contribution is 5.88. The third kappa shape index (κ3) is 4.02. The Hall–Kier alpha value is -3.12. The van der Waals surface area contributed by atoms with E-state index in [4.69, 9.17) is 9.47 Å². The molecule has 0 fully saturated rings. The zero-order valence-electron chi connectivity index (χ0n) is 18.8. The quantitative estimate of drug-likeness (QED) is 0.435. The van der Waals surface area contributed by atoms with E-state index in [0.717, 1.165) is 64.9 Å². The molecule has 0 spiro atoms. The van der Waals surface area contributed by atoms with Crippen LogP contribution in [0.4, 0.5) is 4.39 Å². The van der Waals surface area contributed by atoms with Crippen molar-refractivity contribution in [2.75, 3.05) is 26.7 Å². The molecule has 0 bridgehead atoms. The molecule has 1 aliphatic rings. The first kappa shape index (κ1) is 20.8. The van der Waals surface area contributed by atoms with Crippen molar-refractivity contribution in [2.24, 2.45) is 7.05 Å². The maximum absolute atomic E-state index is 13.7. The van der Waals surface area contributed by atoms with Crippen LogP contribution >= 0.6 is 0 Å². The van der Waals surface area contributed by atoms with Crippen LogP contribution in [0.25, 0.3) is 21.8 Å². The van der Waals surface area contributed by atoms with E-state index in [2.05, 4.69) is 33.8 Å². The molecule has 6 heteroatoms. The summed E-state index contributed by atoms with van der Waals surface area (Å²) in [6, 6.07) is 13.0. The molecule has 1 aliphatic heterocycles. The summed E-state index contributed by atoms with van der Waals surface area (Å²) in [5, 5.41) is 2.00. The van der Waals surface area contributed by atoms with E-state index in [-0.39, 0.29) is 11.9 Å². The monoisotopic (exact) mass is 433 g/mol. The summed E-state index contributed by atoms with van der Waals surface area (Å²) in [7, 11) is 4.12. The van der Waals surface area contributed by atoms with Crippen LogP contribution in [-0.4, -0.2) is 47.3 Å². The maximum atomic E-state index is 13.7. The number of halogens is 1. The van der Waals surface area contributed by atoms with Crippen molar-refractivity contribution in [3.05, 3.63) is 65.7 Å². The van der Waals surface area contributed by atoms with E-state index >= 15 is 0 Å². The predicted octanol–water partition coefficient (Wildman–Crippen LogP) is 4.88. The molecule has 5 nitrogen and oxygen atoms in total. The lowest BCUT2D eigenvalue weighted by molar-refractivity contribution is 0.0670. The first-order valence-corrected chi connectivity index (χ1v) is 11.1. The lowest BCUT2D eigenvalue weighted by atomic mass is 10.1. The highest BCUT2D eigenvalue weighted by Gasteiger charge is 2.24. The number of rotatable bonds is 6. The molecule has 4 aromatic rings. The molecule has 32 heavy (non-hydrogen) atoms. The van der Waals surface area contributed by atoms with Crippen LogP contribution in [0.3, 0.4) is 0 Å². The fourth-order valence-corrected chi connectivity index (χ4v) is 4.59. The van der Waals surface area contributed by atoms with E-state index in [1.165, 1.54) is 11.6 Å². The van der Waals surface area contributed by atoms with E-state index in [1.54, 1.807) is 6.07 Å². The molecule has 1 atom stereocenters. The van der Waals surface area contributed by atoms with E-state index in [9.17, 15) is 4.39 Å². The van der Waals surface area contributed by atoms with Crippen LogP contribution in [0.15, 0.2) is 48.7 Å². The Bertz CT molecular complexity index is 1280. The van der Waals surface area contributed by atoms with Crippen LogP contribution in [0.2, 0.25) is 0 Å². The van der Waals surface area contributed by atoms with Crippen LogP contribution < -0.4 is 9.47 Å². The highest BCUT2D eigenvalue weighted by atomic mass is 19.1. The van der Waals surface area contributed by atoms with E-state index in [0.29, 0.717) is 6.61 Å². The van der Waals surface area contributed by atoms with Crippen LogP contribution in [0.1, 0.15) is 17.7 Å². The molecule has 3 heterocycles. The highest BCUT2D eigenvalue weighted by Crippen LogP contribution is 2.38. The standard InChI is InChI=1S/C26H28FN3O2/c1-17-6-8-21-23(28-17)9-11-25-26(21)32-20(16-31-25)15-29(2)12-4-5-18-14-30(3)24-10-7-19(27)13-22(18)24/h6-11,13-14,20H,4-5,12,15-16H2,1-3H3. The number of ether oxygens (including phenoxy) is 2. The van der Waals surface area contributed by atoms with Gasteiger partial charge in [0, 0.05) is 41.8 Å². The number of pyridine rings is 1. The molecular formula is C26H28FN3O2. The summed E-state index contributed by atoms with van der Waals surface area (Å²) in [5.74, 6) is 1.39. The average Bonchev–Trinajstić information content (AvgIpc) is 3.08. The molecule has 0 saturated carbocycles. The number of likely N-dealkylation sites (N-methyl/N-ethyl adjacent to an activating group) is 1. The molecule has 0 radical (unpaired) electrons. The van der Waals surface area contributed by atoms with Gasteiger partial charge in [-0.25, -0.2) is 4.39 Å². The first-order chi connectivity index (χ1) is 15.5. The molecule has 1 unspecified atom stereocenters. The van der Waals surface area contributed by atoms with Crippen molar-refractivity contribution in [2.45, 2.75) is 25.9 Å². The molecule has 2 aromatic heterocycles. The fourth-order valence-electron chi connectivity index (χ4n) is 4.59. The van der Waals surface area contributed by atoms with Gasteiger partial charge in [0.15, 0.2) is 11.5 Å². The summed E-state index contributed by atoms with van der Waals surface area (Å²) < 4.78 is 28.1. The minimum absolute atomic E-state index is 0.0361. The number of aromatic nitrogens is 2. The van der Waals surface area contributed by atoms with Crippen LogP contribution in [0.5, 0.6) is 11.5 Å². The van der Waals surface area contributed by atoms with Gasteiger partial charge in [-0.05, 0) is 81.4 Å². The lowest BCUT2D eigenvalue weighted by Gasteiger charge is -2.30. The smallest absolute Gasteiger partial charge is 0.171 e. The van der Waals surface area contributed by atoms with Gasteiger partial charge in [-0.2, -0.15) is 0 Å². The molecular weight excluding hydrogens is 405 g/mol. The van der Waals surface area contributed by atoms with Gasteiger partial charge >= 0.3 is 0 Å². The molecule has 0 saturated heterocycles. The number of benzene rings is 2. The van der Waals surface area contributed by atoms with Gasteiger partial charge in [0.1, 0.15) is 18.5 Å². The molecule has 0 amide bonds. The van der Waals surface area contributed by atoms with Gasteiger partial charge < -0.3 is 18.9 Å². The number of fused-ring (bicyclic) bond motifs is 4. The SMILES string of the molecule is Cc1ccc2c3c(ccc2n1)OCC(CN(C)CCCc1cn(C)c2ccc(F)cc12)O3. The van der Waals surface area contributed by atoms with Gasteiger partial charge in [-0.15, -0.1) is 0 Å². The zero-order valence-corrected chi connectivity index (χ0v) is 18.8. The number of aryl methyl sites for hydroxylation is 3. The van der Waals surface area contributed by atoms with E-state index in [1.807, 2.05) is 38.2 Å². The first-order valence-electron chi connectivity index (χ1n) is 11.1. The van der Waals surface area contributed by atoms with Crippen molar-refractivity contribution in [3.63, 3.8) is 0 Å². The van der Waals surface area contributed by atoms with Gasteiger partial charge in [-0.1, -0.05) is 0 Å². The lowest BCUT2D eigenvalue weighted by Crippen LogP contribution is -2.39. The molecule has 166 valence electrons. The maximum Gasteiger partial charge on any atom is 0.171 e. The van der Waals surface area contributed by atoms with Gasteiger partial charge in [0.2, 0.25) is 0 Å². The Morgan fingerprint density at radius 3 is 2.91 bits per heavy atom. The number of hydrogen-bond donors (Lipinski definition) is 0. The molecule has 2 aromatic carbocycles. The minimum Gasteiger partial charge on any atom is -0.486 e. The summed E-state index contributed by atoms with van der Waals surface area (Å²) in [6.07, 6.45) is 3.97. The molecule has 5 rings (SSSR count). The minimum atomic E-state index is -0.185.